The number of hydrogen-bond acceptors (Lipinski definition) is 4. The first-order valence-corrected chi connectivity index (χ1v) is 2.43. The molecule has 0 radical (unpaired) electrons. The number of carbonyl (C=O) groups excluding carboxylic acids is 1. The van der Waals surface area contributed by atoms with E-state index in [1.807, 2.05) is 0 Å². The zero-order valence-corrected chi connectivity index (χ0v) is 5.07. The summed E-state index contributed by atoms with van der Waals surface area (Å²) in [5.41, 5.74) is 6.34. The van der Waals surface area contributed by atoms with E-state index >= 15 is 0 Å². The van der Waals surface area contributed by atoms with Crippen molar-refractivity contribution in [2.24, 2.45) is 5.73 Å². The molecule has 0 bridgehead atoms. The number of rotatable bonds is 4. The molecule has 10 heavy (non-hydrogen) atoms. The van der Waals surface area contributed by atoms with E-state index in [4.69, 9.17) is 0 Å². The number of primary amides is 1. The molecule has 7 heteroatoms. The van der Waals surface area contributed by atoms with Crippen LogP contribution < -0.4 is 11.2 Å². The van der Waals surface area contributed by atoms with Crippen LogP contribution in [0.3, 0.4) is 0 Å². The van der Waals surface area contributed by atoms with Gasteiger partial charge < -0.3 is 10.5 Å². The van der Waals surface area contributed by atoms with Crippen LogP contribution in [0, 0.1) is 10.1 Å². The molecule has 0 aliphatic heterocycles. The first-order valence-electron chi connectivity index (χ1n) is 2.43. The standard InChI is InChI=1S/C3H7N3O4/c4-3(7)10-2-1-5-6(8)9/h5H,1-2H2,(H2,4,7). The van der Waals surface area contributed by atoms with Crippen molar-refractivity contribution in [1.82, 2.24) is 5.43 Å². The molecule has 0 spiro atoms. The van der Waals surface area contributed by atoms with Crippen LogP contribution in [0.5, 0.6) is 0 Å². The SMILES string of the molecule is NC(=O)OCCN[N+](=O)[O-]. The molecule has 0 aromatic heterocycles. The van der Waals surface area contributed by atoms with Crippen LogP contribution in [0.2, 0.25) is 0 Å². The van der Waals surface area contributed by atoms with Crippen molar-refractivity contribution >= 4 is 6.09 Å². The largest absolute Gasteiger partial charge is 0.448 e. The van der Waals surface area contributed by atoms with Crippen LogP contribution in [0.4, 0.5) is 4.79 Å². The van der Waals surface area contributed by atoms with Gasteiger partial charge in [0.05, 0.1) is 0 Å². The lowest BCUT2D eigenvalue weighted by Crippen LogP contribution is -2.27. The Morgan fingerprint density at radius 2 is 2.40 bits per heavy atom. The molecular formula is C3H7N3O4. The highest BCUT2D eigenvalue weighted by Crippen LogP contribution is 1.70. The number of hydrogen-bond donors (Lipinski definition) is 2. The third kappa shape index (κ3) is 6.47. The number of amides is 1. The Morgan fingerprint density at radius 1 is 1.80 bits per heavy atom. The molecule has 0 saturated carbocycles. The van der Waals surface area contributed by atoms with Crippen molar-refractivity contribution in [3.05, 3.63) is 10.1 Å². The molecule has 0 atom stereocenters. The summed E-state index contributed by atoms with van der Waals surface area (Å²) in [5.74, 6) is 0. The zero-order valence-electron chi connectivity index (χ0n) is 5.07. The van der Waals surface area contributed by atoms with Gasteiger partial charge >= 0.3 is 6.09 Å². The summed E-state index contributed by atoms with van der Waals surface area (Å²) in [4.78, 5) is 19.4. The summed E-state index contributed by atoms with van der Waals surface area (Å²) in [7, 11) is 0. The maximum Gasteiger partial charge on any atom is 0.404 e. The zero-order chi connectivity index (χ0) is 7.98. The molecule has 0 aromatic rings. The monoisotopic (exact) mass is 149 g/mol. The highest BCUT2D eigenvalue weighted by molar-refractivity contribution is 5.64. The average Bonchev–Trinajstić information content (AvgIpc) is 1.79. The van der Waals surface area contributed by atoms with Crippen molar-refractivity contribution in [2.75, 3.05) is 13.2 Å². The van der Waals surface area contributed by atoms with Gasteiger partial charge in [-0.15, -0.1) is 5.43 Å². The number of ether oxygens (including phenoxy) is 1. The van der Waals surface area contributed by atoms with E-state index in [1.165, 1.54) is 0 Å². The maximum absolute atomic E-state index is 9.85. The lowest BCUT2D eigenvalue weighted by Gasteiger charge is -1.97. The van der Waals surface area contributed by atoms with E-state index in [9.17, 15) is 14.9 Å². The molecule has 3 N–H and O–H groups in total. The van der Waals surface area contributed by atoms with Crippen LogP contribution in [-0.4, -0.2) is 24.3 Å². The van der Waals surface area contributed by atoms with Gasteiger partial charge in [0.25, 0.3) is 0 Å². The van der Waals surface area contributed by atoms with Crippen LogP contribution in [0.25, 0.3) is 0 Å². The molecule has 1 amide bonds. The lowest BCUT2D eigenvalue weighted by molar-refractivity contribution is -0.544. The first kappa shape index (κ1) is 8.47. The van der Waals surface area contributed by atoms with Gasteiger partial charge in [0.2, 0.25) is 0 Å². The topological polar surface area (TPSA) is 107 Å². The fraction of sp³-hybridized carbons (Fsp3) is 0.667. The van der Waals surface area contributed by atoms with Crippen LogP contribution in [0.15, 0.2) is 0 Å². The third-order valence-corrected chi connectivity index (χ3v) is 0.587. The fourth-order valence-electron chi connectivity index (χ4n) is 0.289. The minimum Gasteiger partial charge on any atom is -0.448 e. The van der Waals surface area contributed by atoms with E-state index in [1.54, 1.807) is 5.43 Å². The van der Waals surface area contributed by atoms with E-state index < -0.39 is 11.1 Å². The van der Waals surface area contributed by atoms with Gasteiger partial charge in [-0.05, 0) is 0 Å². The Labute approximate surface area is 56.3 Å². The third-order valence-electron chi connectivity index (χ3n) is 0.587. The molecule has 7 nitrogen and oxygen atoms in total. The second-order valence-corrected chi connectivity index (χ2v) is 1.33. The molecule has 0 aliphatic rings. The van der Waals surface area contributed by atoms with Gasteiger partial charge in [-0.2, -0.15) is 0 Å². The molecule has 0 unspecified atom stereocenters. The van der Waals surface area contributed by atoms with Gasteiger partial charge in [0, 0.05) is 0 Å². The maximum atomic E-state index is 9.85. The Morgan fingerprint density at radius 3 is 2.80 bits per heavy atom. The molecule has 0 fully saturated rings. The number of hydrazine groups is 1. The summed E-state index contributed by atoms with van der Waals surface area (Å²) >= 11 is 0. The first-order chi connectivity index (χ1) is 4.63. The Kier molecular flexibility index (Phi) is 3.69. The molecule has 58 valence electrons. The number of nitrogens with one attached hydrogen (secondary N) is 1. The van der Waals surface area contributed by atoms with Crippen LogP contribution in [0.1, 0.15) is 0 Å². The van der Waals surface area contributed by atoms with Crippen LogP contribution in [-0.2, 0) is 4.74 Å². The normalized spacial score (nSPS) is 8.40. The van der Waals surface area contributed by atoms with Gasteiger partial charge in [0.1, 0.15) is 13.2 Å². The minimum atomic E-state index is -0.940. The molecule has 0 aliphatic carbocycles. The fourth-order valence-corrected chi connectivity index (χ4v) is 0.289. The van der Waals surface area contributed by atoms with Gasteiger partial charge in [-0.1, -0.05) is 0 Å². The Hall–Kier alpha value is -1.53. The van der Waals surface area contributed by atoms with Crippen molar-refractivity contribution < 1.29 is 14.6 Å². The molecule has 0 aromatic carbocycles. The van der Waals surface area contributed by atoms with Crippen LogP contribution >= 0.6 is 0 Å². The van der Waals surface area contributed by atoms with Crippen molar-refractivity contribution in [3.63, 3.8) is 0 Å². The van der Waals surface area contributed by atoms with Gasteiger partial charge in [-0.25, -0.2) is 14.9 Å². The van der Waals surface area contributed by atoms with E-state index in [2.05, 4.69) is 10.5 Å². The van der Waals surface area contributed by atoms with Crippen molar-refractivity contribution in [1.29, 1.82) is 0 Å². The second kappa shape index (κ2) is 4.36. The number of nitrogens with zero attached hydrogens (tertiary/aromatic N) is 1. The van der Waals surface area contributed by atoms with Gasteiger partial charge in [-0.3, -0.25) is 0 Å². The summed E-state index contributed by atoms with van der Waals surface area (Å²) in [5, 5.41) is 8.83. The van der Waals surface area contributed by atoms with E-state index in [-0.39, 0.29) is 13.2 Å². The summed E-state index contributed by atoms with van der Waals surface area (Å²) in [6.45, 7) is -0.147. The predicted molar refractivity (Wildman–Crippen MR) is 30.5 cm³/mol. The second-order valence-electron chi connectivity index (χ2n) is 1.33. The molecule has 0 saturated heterocycles. The number of carbonyl (C=O) groups is 1. The van der Waals surface area contributed by atoms with Crippen molar-refractivity contribution in [2.45, 2.75) is 0 Å². The summed E-state index contributed by atoms with van der Waals surface area (Å²) in [6.07, 6.45) is -0.940. The van der Waals surface area contributed by atoms with Crippen molar-refractivity contribution in [3.8, 4) is 0 Å². The molecular weight excluding hydrogens is 142 g/mol. The number of nitrogens with two attached hydrogens (primary N) is 1. The summed E-state index contributed by atoms with van der Waals surface area (Å²) < 4.78 is 4.16. The molecule has 0 rings (SSSR count). The van der Waals surface area contributed by atoms with E-state index in [0.717, 1.165) is 0 Å². The molecule has 0 heterocycles. The Bertz CT molecular complexity index is 120. The quantitative estimate of drug-likeness (QED) is 0.298. The minimum absolute atomic E-state index is 0.0457. The van der Waals surface area contributed by atoms with Gasteiger partial charge in [0.15, 0.2) is 5.03 Å². The highest BCUT2D eigenvalue weighted by Gasteiger charge is 1.95. The number of nitro groups is 1. The lowest BCUT2D eigenvalue weighted by atomic mass is 10.7. The average molecular weight is 149 g/mol. The smallest absolute Gasteiger partial charge is 0.404 e. The highest BCUT2D eigenvalue weighted by atomic mass is 16.7. The Balaban J connectivity index is 3.06. The predicted octanol–water partition coefficient (Wildman–Crippen LogP) is -1.14. The van der Waals surface area contributed by atoms with E-state index in [0.29, 0.717) is 0 Å². The summed E-state index contributed by atoms with van der Waals surface area (Å²) in [6, 6.07) is 0.